The molecule has 21 heavy (non-hydrogen) atoms. The lowest BCUT2D eigenvalue weighted by atomic mass is 10.1. The Morgan fingerprint density at radius 2 is 2.33 bits per heavy atom. The summed E-state index contributed by atoms with van der Waals surface area (Å²) in [5.74, 6) is 0.549. The highest BCUT2D eigenvalue weighted by atomic mass is 32.1. The molecular formula is C14H16N4O2S. The molecule has 3 heterocycles. The van der Waals surface area contributed by atoms with Crippen molar-refractivity contribution in [3.05, 3.63) is 34.7 Å². The minimum Gasteiger partial charge on any atom is -0.471 e. The van der Waals surface area contributed by atoms with Crippen LogP contribution in [0, 0.1) is 6.92 Å². The van der Waals surface area contributed by atoms with Crippen molar-refractivity contribution >= 4 is 17.2 Å². The average molecular weight is 304 g/mol. The first-order chi connectivity index (χ1) is 10.2. The van der Waals surface area contributed by atoms with E-state index < -0.39 is 0 Å². The van der Waals surface area contributed by atoms with Crippen molar-refractivity contribution in [3.8, 4) is 5.88 Å². The van der Waals surface area contributed by atoms with Crippen molar-refractivity contribution < 1.29 is 9.53 Å². The smallest absolute Gasteiger partial charge is 0.265 e. The Hall–Kier alpha value is -2.02. The lowest BCUT2D eigenvalue weighted by molar-refractivity contribution is 0.0530. The third-order valence-corrected chi connectivity index (χ3v) is 4.35. The number of aryl methyl sites for hydroxylation is 1. The number of piperidine rings is 1. The molecule has 1 fully saturated rings. The third kappa shape index (κ3) is 3.18. The summed E-state index contributed by atoms with van der Waals surface area (Å²) in [5, 5.41) is 0. The van der Waals surface area contributed by atoms with E-state index in [9.17, 15) is 4.79 Å². The standard InChI is InChI=1S/C14H16N4O2S/c1-10-13(21-9-17-10)14(19)18-6-2-3-11(8-18)20-12-7-15-4-5-16-12/h4-5,7,9,11H,2-3,6,8H2,1H3. The van der Waals surface area contributed by atoms with Gasteiger partial charge in [0.1, 0.15) is 11.0 Å². The molecule has 7 heteroatoms. The number of likely N-dealkylation sites (tertiary alicyclic amines) is 1. The fourth-order valence-corrected chi connectivity index (χ4v) is 3.16. The highest BCUT2D eigenvalue weighted by Crippen LogP contribution is 2.20. The Kier molecular flexibility index (Phi) is 4.10. The normalized spacial score (nSPS) is 18.5. The van der Waals surface area contributed by atoms with E-state index >= 15 is 0 Å². The Balaban J connectivity index is 1.66. The van der Waals surface area contributed by atoms with Gasteiger partial charge >= 0.3 is 0 Å². The van der Waals surface area contributed by atoms with Crippen molar-refractivity contribution in [1.29, 1.82) is 0 Å². The van der Waals surface area contributed by atoms with Crippen molar-refractivity contribution in [2.45, 2.75) is 25.9 Å². The van der Waals surface area contributed by atoms with E-state index in [1.165, 1.54) is 11.3 Å². The van der Waals surface area contributed by atoms with Crippen LogP contribution in [0.2, 0.25) is 0 Å². The first kappa shape index (κ1) is 13.9. The first-order valence-electron chi connectivity index (χ1n) is 6.86. The summed E-state index contributed by atoms with van der Waals surface area (Å²) in [6, 6.07) is 0. The number of rotatable bonds is 3. The van der Waals surface area contributed by atoms with Crippen LogP contribution in [0.25, 0.3) is 0 Å². The van der Waals surface area contributed by atoms with E-state index in [4.69, 9.17) is 4.74 Å². The fourth-order valence-electron chi connectivity index (χ4n) is 2.39. The third-order valence-electron chi connectivity index (χ3n) is 3.43. The molecular weight excluding hydrogens is 288 g/mol. The minimum atomic E-state index is -0.0346. The zero-order valence-corrected chi connectivity index (χ0v) is 12.5. The molecule has 1 unspecified atom stereocenters. The van der Waals surface area contributed by atoms with Gasteiger partial charge in [-0.1, -0.05) is 0 Å². The van der Waals surface area contributed by atoms with Gasteiger partial charge in [0, 0.05) is 18.9 Å². The van der Waals surface area contributed by atoms with Gasteiger partial charge in [0.2, 0.25) is 5.88 Å². The molecule has 1 aliphatic rings. The number of carbonyl (C=O) groups excluding carboxylic acids is 1. The number of nitrogens with zero attached hydrogens (tertiary/aromatic N) is 4. The van der Waals surface area contributed by atoms with Gasteiger partial charge in [0.25, 0.3) is 5.91 Å². The number of hydrogen-bond donors (Lipinski definition) is 0. The van der Waals surface area contributed by atoms with Crippen LogP contribution in [0.3, 0.4) is 0 Å². The second-order valence-corrected chi connectivity index (χ2v) is 5.80. The SMILES string of the molecule is Cc1ncsc1C(=O)N1CCCC(Oc2cnccn2)C1. The van der Waals surface area contributed by atoms with Crippen LogP contribution < -0.4 is 4.74 Å². The zero-order valence-electron chi connectivity index (χ0n) is 11.7. The molecule has 1 amide bonds. The Bertz CT molecular complexity index is 616. The highest BCUT2D eigenvalue weighted by Gasteiger charge is 2.27. The second-order valence-electron chi connectivity index (χ2n) is 4.94. The molecule has 0 N–H and O–H groups in total. The van der Waals surface area contributed by atoms with Gasteiger partial charge in [0.15, 0.2) is 0 Å². The molecule has 0 bridgehead atoms. The van der Waals surface area contributed by atoms with Crippen LogP contribution in [0.15, 0.2) is 24.1 Å². The van der Waals surface area contributed by atoms with E-state index in [1.54, 1.807) is 24.1 Å². The molecule has 1 atom stereocenters. The number of aromatic nitrogens is 3. The molecule has 2 aromatic heterocycles. The lowest BCUT2D eigenvalue weighted by Gasteiger charge is -2.32. The summed E-state index contributed by atoms with van der Waals surface area (Å²) in [6.45, 7) is 3.20. The summed E-state index contributed by atoms with van der Waals surface area (Å²) >= 11 is 1.39. The van der Waals surface area contributed by atoms with E-state index in [-0.39, 0.29) is 12.0 Å². The Morgan fingerprint density at radius 3 is 3.05 bits per heavy atom. The number of thiazole rings is 1. The second kappa shape index (κ2) is 6.17. The molecule has 0 saturated carbocycles. The fraction of sp³-hybridized carbons (Fsp3) is 0.429. The van der Waals surface area contributed by atoms with Crippen LogP contribution in [-0.2, 0) is 0 Å². The maximum atomic E-state index is 12.5. The van der Waals surface area contributed by atoms with Crippen molar-refractivity contribution in [3.63, 3.8) is 0 Å². The zero-order chi connectivity index (χ0) is 14.7. The van der Waals surface area contributed by atoms with Crippen LogP contribution in [0.1, 0.15) is 28.2 Å². The Morgan fingerprint density at radius 1 is 1.43 bits per heavy atom. The quantitative estimate of drug-likeness (QED) is 0.866. The molecule has 1 aliphatic heterocycles. The van der Waals surface area contributed by atoms with Gasteiger partial charge in [0.05, 0.1) is 23.9 Å². The summed E-state index contributed by atoms with van der Waals surface area (Å²) in [7, 11) is 0. The molecule has 110 valence electrons. The van der Waals surface area contributed by atoms with Gasteiger partial charge in [-0.3, -0.25) is 9.78 Å². The summed E-state index contributed by atoms with van der Waals surface area (Å²) < 4.78 is 5.80. The van der Waals surface area contributed by atoms with Crippen LogP contribution in [-0.4, -0.2) is 45.0 Å². The van der Waals surface area contributed by atoms with Crippen LogP contribution in [0.5, 0.6) is 5.88 Å². The molecule has 0 aliphatic carbocycles. The van der Waals surface area contributed by atoms with Crippen LogP contribution >= 0.6 is 11.3 Å². The molecule has 3 rings (SSSR count). The molecule has 1 saturated heterocycles. The van der Waals surface area contributed by atoms with E-state index in [0.717, 1.165) is 30.0 Å². The van der Waals surface area contributed by atoms with Gasteiger partial charge in [-0.05, 0) is 19.8 Å². The number of ether oxygens (including phenoxy) is 1. The van der Waals surface area contributed by atoms with Gasteiger partial charge < -0.3 is 9.64 Å². The molecule has 0 aromatic carbocycles. The number of amides is 1. The lowest BCUT2D eigenvalue weighted by Crippen LogP contribution is -2.44. The van der Waals surface area contributed by atoms with E-state index in [2.05, 4.69) is 15.0 Å². The maximum Gasteiger partial charge on any atom is 0.265 e. The molecule has 0 spiro atoms. The van der Waals surface area contributed by atoms with E-state index in [0.29, 0.717) is 12.4 Å². The predicted molar refractivity (Wildman–Crippen MR) is 78.4 cm³/mol. The molecule has 0 radical (unpaired) electrons. The molecule has 2 aromatic rings. The monoisotopic (exact) mass is 304 g/mol. The topological polar surface area (TPSA) is 68.2 Å². The van der Waals surface area contributed by atoms with Gasteiger partial charge in [-0.25, -0.2) is 9.97 Å². The largest absolute Gasteiger partial charge is 0.471 e. The van der Waals surface area contributed by atoms with Crippen molar-refractivity contribution in [2.24, 2.45) is 0 Å². The predicted octanol–water partition coefficient (Wildman–Crippen LogP) is 1.93. The van der Waals surface area contributed by atoms with Crippen molar-refractivity contribution in [1.82, 2.24) is 19.9 Å². The maximum absolute atomic E-state index is 12.5. The highest BCUT2D eigenvalue weighted by molar-refractivity contribution is 7.11. The first-order valence-corrected chi connectivity index (χ1v) is 7.74. The van der Waals surface area contributed by atoms with E-state index in [1.807, 2.05) is 11.8 Å². The number of carbonyl (C=O) groups is 1. The molecule has 6 nitrogen and oxygen atoms in total. The van der Waals surface area contributed by atoms with Crippen molar-refractivity contribution in [2.75, 3.05) is 13.1 Å². The van der Waals surface area contributed by atoms with Gasteiger partial charge in [-0.15, -0.1) is 11.3 Å². The van der Waals surface area contributed by atoms with Crippen LogP contribution in [0.4, 0.5) is 0 Å². The van der Waals surface area contributed by atoms with Gasteiger partial charge in [-0.2, -0.15) is 0 Å². The Labute approximate surface area is 126 Å². The minimum absolute atomic E-state index is 0.0346. The summed E-state index contributed by atoms with van der Waals surface area (Å²) in [4.78, 5) is 27.3. The number of hydrogen-bond acceptors (Lipinski definition) is 6. The summed E-state index contributed by atoms with van der Waals surface area (Å²) in [6.07, 6.45) is 6.61. The average Bonchev–Trinajstić information content (AvgIpc) is 2.94. The summed E-state index contributed by atoms with van der Waals surface area (Å²) in [5.41, 5.74) is 2.50.